The molecule has 3 aromatic rings. The van der Waals surface area contributed by atoms with E-state index in [1.165, 1.54) is 0 Å². The van der Waals surface area contributed by atoms with Crippen molar-refractivity contribution in [3.8, 4) is 11.4 Å². The van der Waals surface area contributed by atoms with E-state index in [4.69, 9.17) is 14.7 Å². The van der Waals surface area contributed by atoms with E-state index < -0.39 is 15.3 Å². The predicted molar refractivity (Wildman–Crippen MR) is 150 cm³/mol. The van der Waals surface area contributed by atoms with Crippen molar-refractivity contribution < 1.29 is 18.6 Å². The number of nitrogens with one attached hydrogen (secondary N) is 2. The summed E-state index contributed by atoms with van der Waals surface area (Å²) >= 11 is 0. The van der Waals surface area contributed by atoms with E-state index in [2.05, 4.69) is 27.6 Å². The van der Waals surface area contributed by atoms with Gasteiger partial charge in [-0.25, -0.2) is 14.8 Å². The van der Waals surface area contributed by atoms with Crippen LogP contribution in [-0.4, -0.2) is 65.9 Å². The Morgan fingerprint density at radius 3 is 2.47 bits per heavy atom. The van der Waals surface area contributed by atoms with Gasteiger partial charge in [-0.15, -0.1) is 0 Å². The largest absolute Gasteiger partial charge is 0.377 e. The molecule has 12 heteroatoms. The molecule has 204 valence electrons. The second-order valence-electron chi connectivity index (χ2n) is 10.2. The number of rotatable bonds is 7. The number of carbonyl (C=O) groups is 1. The van der Waals surface area contributed by atoms with Crippen LogP contribution in [0.25, 0.3) is 11.4 Å². The van der Waals surface area contributed by atoms with E-state index in [1.807, 2.05) is 32.0 Å². The minimum absolute atomic E-state index is 0.130. The van der Waals surface area contributed by atoms with Crippen LogP contribution in [0.1, 0.15) is 39.3 Å². The number of aryl methyl sites for hydroxylation is 1. The minimum atomic E-state index is -2.92. The molecule has 0 unspecified atom stereocenters. The summed E-state index contributed by atoms with van der Waals surface area (Å²) in [6, 6.07) is 8.97. The molecular formula is C26H35N7O4S. The van der Waals surface area contributed by atoms with Crippen LogP contribution in [0.15, 0.2) is 42.7 Å². The number of amides is 2. The van der Waals surface area contributed by atoms with Crippen LogP contribution in [0.5, 0.6) is 0 Å². The van der Waals surface area contributed by atoms with Gasteiger partial charge in [-0.2, -0.15) is 15.7 Å². The molecular weight excluding hydrogens is 506 g/mol. The van der Waals surface area contributed by atoms with Crippen LogP contribution < -0.4 is 15.5 Å². The highest BCUT2D eigenvalue weighted by atomic mass is 32.3. The Balaban J connectivity index is 1.44. The molecule has 1 atom stereocenters. The molecule has 1 saturated heterocycles. The van der Waals surface area contributed by atoms with E-state index in [-0.39, 0.29) is 17.3 Å². The molecule has 2 amide bonds. The van der Waals surface area contributed by atoms with Gasteiger partial charge in [0.15, 0.2) is 5.82 Å². The summed E-state index contributed by atoms with van der Waals surface area (Å²) in [5.74, 6) is 1.26. The Hall–Kier alpha value is -3.19. The number of urea groups is 1. The second kappa shape index (κ2) is 10.2. The number of carbonyl (C=O) groups excluding carboxylic acids is 1. The summed E-state index contributed by atoms with van der Waals surface area (Å²) in [5, 5.41) is 9.31. The van der Waals surface area contributed by atoms with Gasteiger partial charge in [0.05, 0.1) is 36.8 Å². The van der Waals surface area contributed by atoms with Gasteiger partial charge in [-0.3, -0.25) is 13.8 Å². The molecule has 11 nitrogen and oxygen atoms in total. The minimum Gasteiger partial charge on any atom is -0.377 e. The smallest absolute Gasteiger partial charge is 0.323 e. The molecule has 1 aromatic carbocycles. The summed E-state index contributed by atoms with van der Waals surface area (Å²) in [4.78, 5) is 24.3. The van der Waals surface area contributed by atoms with Crippen molar-refractivity contribution in [2.24, 2.45) is 7.05 Å². The van der Waals surface area contributed by atoms with Crippen molar-refractivity contribution in [3.63, 3.8) is 0 Å². The van der Waals surface area contributed by atoms with Gasteiger partial charge in [0.25, 0.3) is 0 Å². The fourth-order valence-corrected chi connectivity index (χ4v) is 6.79. The number of hydrogen-bond acceptors (Lipinski definition) is 8. The molecule has 2 aromatic heterocycles. The van der Waals surface area contributed by atoms with Crippen LogP contribution in [0.2, 0.25) is 0 Å². The van der Waals surface area contributed by atoms with E-state index in [0.29, 0.717) is 55.5 Å². The Kier molecular flexibility index (Phi) is 7.07. The zero-order valence-electron chi connectivity index (χ0n) is 22.1. The summed E-state index contributed by atoms with van der Waals surface area (Å²) in [7, 11) is -1.14. The lowest BCUT2D eigenvalue weighted by Gasteiger charge is -2.44. The molecule has 0 radical (unpaired) electrons. The Morgan fingerprint density at radius 1 is 1.16 bits per heavy atom. The lowest BCUT2D eigenvalue weighted by molar-refractivity contribution is 0.0985. The molecule has 2 fully saturated rings. The first-order valence-corrected chi connectivity index (χ1v) is 14.4. The van der Waals surface area contributed by atoms with Gasteiger partial charge in [0.1, 0.15) is 10.6 Å². The molecule has 2 aliphatic rings. The highest BCUT2D eigenvalue weighted by Crippen LogP contribution is 2.73. The van der Waals surface area contributed by atoms with E-state index in [1.54, 1.807) is 36.3 Å². The predicted octanol–water partition coefficient (Wildman–Crippen LogP) is 4.89. The molecule has 0 bridgehead atoms. The second-order valence-corrected chi connectivity index (χ2v) is 13.2. The summed E-state index contributed by atoms with van der Waals surface area (Å²) in [5.41, 5.74) is 2.64. The first-order valence-electron chi connectivity index (χ1n) is 12.8. The molecule has 1 saturated carbocycles. The molecule has 1 aliphatic carbocycles. The molecule has 4 N–H and O–H groups in total. The Bertz CT molecular complexity index is 1310. The highest BCUT2D eigenvalue weighted by Gasteiger charge is 2.57. The van der Waals surface area contributed by atoms with Crippen molar-refractivity contribution in [3.05, 3.63) is 48.4 Å². The zero-order chi connectivity index (χ0) is 27.1. The molecule has 3 heterocycles. The van der Waals surface area contributed by atoms with Crippen LogP contribution >= 0.6 is 10.6 Å². The molecule has 38 heavy (non-hydrogen) atoms. The van der Waals surface area contributed by atoms with E-state index in [0.717, 1.165) is 11.4 Å². The number of ether oxygens (including phenoxy) is 1. The normalized spacial score (nSPS) is 19.3. The van der Waals surface area contributed by atoms with Crippen molar-refractivity contribution in [2.75, 3.05) is 35.3 Å². The third kappa shape index (κ3) is 5.08. The lowest BCUT2D eigenvalue weighted by Crippen LogP contribution is -2.44. The first-order chi connectivity index (χ1) is 18.1. The number of nitrogens with zero attached hydrogens (tertiary/aromatic N) is 5. The van der Waals surface area contributed by atoms with Gasteiger partial charge in [-0.05, 0) is 57.9 Å². The van der Waals surface area contributed by atoms with Gasteiger partial charge in [-0.1, -0.05) is 0 Å². The van der Waals surface area contributed by atoms with E-state index >= 15 is 0 Å². The first kappa shape index (κ1) is 26.4. The van der Waals surface area contributed by atoms with Crippen LogP contribution in [0, 0.1) is 0 Å². The van der Waals surface area contributed by atoms with E-state index in [9.17, 15) is 13.9 Å². The number of aromatic nitrogens is 4. The number of benzene rings is 1. The third-order valence-corrected chi connectivity index (χ3v) is 10.2. The van der Waals surface area contributed by atoms with Gasteiger partial charge in [0, 0.05) is 42.4 Å². The molecule has 5 rings (SSSR count). The van der Waals surface area contributed by atoms with Crippen molar-refractivity contribution in [1.29, 1.82) is 0 Å². The maximum absolute atomic E-state index is 12.4. The Labute approximate surface area is 224 Å². The fourth-order valence-electron chi connectivity index (χ4n) is 4.77. The lowest BCUT2D eigenvalue weighted by atomic mass is 10.1. The quantitative estimate of drug-likeness (QED) is 0.332. The topological polar surface area (TPSA) is 138 Å². The standard InChI is InChI=1S/C26H35N7O4S/c1-17(2)38(35,36)26(9-10-26)22-13-23(33-11-12-37-16-18(33)3)31-24(30-22)19-5-7-20(8-6-19)28-25(34)29-21-14-27-32(4)15-21/h5-8,13-15,17-18,35-36H,9-12,16H2,1-4H3,(H2,28,29,34)/t18-/m0/s1. The maximum Gasteiger partial charge on any atom is 0.323 e. The Morgan fingerprint density at radius 2 is 1.87 bits per heavy atom. The number of anilines is 3. The highest BCUT2D eigenvalue weighted by molar-refractivity contribution is 8.25. The van der Waals surface area contributed by atoms with Crippen LogP contribution in [0.4, 0.5) is 22.0 Å². The SMILES string of the molecule is CC(C)S(O)(O)C1(c2cc(N3CCOC[C@@H]3C)nc(-c3ccc(NC(=O)Nc4cnn(C)c4)cc3)n2)CC1. The van der Waals surface area contributed by atoms with Crippen molar-refractivity contribution >= 4 is 33.8 Å². The zero-order valence-corrected chi connectivity index (χ0v) is 22.9. The summed E-state index contributed by atoms with van der Waals surface area (Å²) in [6.45, 7) is 7.68. The van der Waals surface area contributed by atoms with Crippen LogP contribution in [0.3, 0.4) is 0 Å². The van der Waals surface area contributed by atoms with Gasteiger partial charge < -0.3 is 20.3 Å². The van der Waals surface area contributed by atoms with Crippen molar-refractivity contribution in [2.45, 2.75) is 49.7 Å². The molecule has 1 aliphatic heterocycles. The van der Waals surface area contributed by atoms with Gasteiger partial charge in [0.2, 0.25) is 0 Å². The van der Waals surface area contributed by atoms with Crippen molar-refractivity contribution in [1.82, 2.24) is 19.7 Å². The third-order valence-electron chi connectivity index (χ3n) is 7.14. The molecule has 0 spiro atoms. The fraction of sp³-hybridized carbons (Fsp3) is 0.462. The maximum atomic E-state index is 12.4. The van der Waals surface area contributed by atoms with Gasteiger partial charge >= 0.3 is 6.03 Å². The van der Waals surface area contributed by atoms with Crippen LogP contribution in [-0.2, 0) is 16.5 Å². The monoisotopic (exact) mass is 541 g/mol. The summed E-state index contributed by atoms with van der Waals surface area (Å²) < 4.78 is 28.8. The average molecular weight is 542 g/mol. The number of hydrogen-bond donors (Lipinski definition) is 4. The number of morpholine rings is 1. The summed E-state index contributed by atoms with van der Waals surface area (Å²) in [6.07, 6.45) is 4.63. The average Bonchev–Trinajstić information content (AvgIpc) is 3.62.